The van der Waals surface area contributed by atoms with Gasteiger partial charge in [-0.25, -0.2) is 0 Å². The fourth-order valence-corrected chi connectivity index (χ4v) is 3.96. The highest BCUT2D eigenvalue weighted by molar-refractivity contribution is 9.25. The first-order valence-electron chi connectivity index (χ1n) is 5.42. The van der Waals surface area contributed by atoms with Crippen LogP contribution in [0, 0.1) is 0 Å². The Morgan fingerprint density at radius 3 is 2.59 bits per heavy atom. The summed E-state index contributed by atoms with van der Waals surface area (Å²) in [5.74, 6) is 0.0802. The second kappa shape index (κ2) is 3.95. The topological polar surface area (TPSA) is 27.7 Å². The Morgan fingerprint density at radius 1 is 1.24 bits per heavy atom. The van der Waals surface area contributed by atoms with Crippen molar-refractivity contribution in [3.8, 4) is 5.75 Å². The third-order valence-electron chi connectivity index (χ3n) is 3.26. The van der Waals surface area contributed by atoms with Crippen LogP contribution in [-0.2, 0) is 21.7 Å². The molecule has 1 saturated heterocycles. The molecular formula is C12H12Br2O3. The van der Waals surface area contributed by atoms with Crippen molar-refractivity contribution in [1.82, 2.24) is 0 Å². The minimum atomic E-state index is -0.739. The van der Waals surface area contributed by atoms with Crippen LogP contribution in [0.1, 0.15) is 11.1 Å². The number of fused-ring (bicyclic) bond motifs is 2. The maximum atomic E-state index is 5.87. The average molecular weight is 364 g/mol. The first kappa shape index (κ1) is 12.0. The number of benzene rings is 1. The molecule has 2 aliphatic rings. The van der Waals surface area contributed by atoms with E-state index >= 15 is 0 Å². The number of halogens is 2. The summed E-state index contributed by atoms with van der Waals surface area (Å²) in [4.78, 5) is 0. The predicted molar refractivity (Wildman–Crippen MR) is 70.9 cm³/mol. The zero-order chi connectivity index (χ0) is 12.1. The summed E-state index contributed by atoms with van der Waals surface area (Å²) >= 11 is 7.36. The summed E-state index contributed by atoms with van der Waals surface area (Å²) < 4.78 is 16.6. The van der Waals surface area contributed by atoms with E-state index < -0.39 is 9.02 Å². The molecule has 5 heteroatoms. The maximum absolute atomic E-state index is 5.87. The van der Waals surface area contributed by atoms with Gasteiger partial charge in [-0.05, 0) is 17.7 Å². The number of ether oxygens (including phenoxy) is 3. The van der Waals surface area contributed by atoms with Gasteiger partial charge in [0, 0.05) is 12.0 Å². The lowest BCUT2D eigenvalue weighted by atomic mass is 10.1. The molecule has 3 nitrogen and oxygen atoms in total. The van der Waals surface area contributed by atoms with E-state index in [9.17, 15) is 0 Å². The van der Waals surface area contributed by atoms with E-state index in [1.807, 2.05) is 12.1 Å². The van der Waals surface area contributed by atoms with Gasteiger partial charge in [0.25, 0.3) is 0 Å². The second-order valence-electron chi connectivity index (χ2n) is 4.22. The summed E-state index contributed by atoms with van der Waals surface area (Å²) in [6, 6.07) is 6.01. The van der Waals surface area contributed by atoms with Gasteiger partial charge >= 0.3 is 0 Å². The van der Waals surface area contributed by atoms with E-state index in [4.69, 9.17) is 14.2 Å². The Bertz CT molecular complexity index is 453. The van der Waals surface area contributed by atoms with Crippen molar-refractivity contribution in [3.63, 3.8) is 0 Å². The van der Waals surface area contributed by atoms with Crippen molar-refractivity contribution in [2.75, 3.05) is 20.3 Å². The molecule has 1 aliphatic carbocycles. The second-order valence-corrected chi connectivity index (χ2v) is 7.99. The molecule has 1 spiro atoms. The summed E-state index contributed by atoms with van der Waals surface area (Å²) in [5, 5.41) is 0. The van der Waals surface area contributed by atoms with Crippen LogP contribution in [-0.4, -0.2) is 23.6 Å². The number of alkyl halides is 2. The molecule has 1 aromatic rings. The van der Waals surface area contributed by atoms with Crippen molar-refractivity contribution in [2.24, 2.45) is 0 Å². The Hall–Kier alpha value is -0.100. The average Bonchev–Trinajstić information content (AvgIpc) is 2.86. The summed E-state index contributed by atoms with van der Waals surface area (Å²) in [5.41, 5.74) is 2.25. The quantitative estimate of drug-likeness (QED) is 0.718. The van der Waals surface area contributed by atoms with Crippen LogP contribution in [0.5, 0.6) is 5.75 Å². The first-order chi connectivity index (χ1) is 8.09. The van der Waals surface area contributed by atoms with Crippen LogP contribution in [0.3, 0.4) is 0 Å². The Labute approximate surface area is 117 Å². The first-order valence-corrected chi connectivity index (χ1v) is 7.01. The van der Waals surface area contributed by atoms with Crippen LogP contribution >= 0.6 is 31.9 Å². The molecule has 0 amide bonds. The monoisotopic (exact) mass is 362 g/mol. The van der Waals surface area contributed by atoms with Gasteiger partial charge in [-0.1, -0.05) is 37.9 Å². The predicted octanol–water partition coefficient (Wildman–Crippen LogP) is 2.94. The van der Waals surface area contributed by atoms with Gasteiger partial charge in [0.1, 0.15) is 8.98 Å². The lowest BCUT2D eigenvalue weighted by Crippen LogP contribution is -2.40. The largest absolute Gasteiger partial charge is 0.497 e. The van der Waals surface area contributed by atoms with Crippen LogP contribution in [0.25, 0.3) is 0 Å². The van der Waals surface area contributed by atoms with E-state index in [-0.39, 0.29) is 0 Å². The minimum absolute atomic E-state index is 0.405. The lowest BCUT2D eigenvalue weighted by Gasteiger charge is -2.33. The SMILES string of the molecule is COc1ccc2c(c1)C1(OCCO1)C(Br)(Br)C2. The van der Waals surface area contributed by atoms with Gasteiger partial charge in [-0.2, -0.15) is 0 Å². The highest BCUT2D eigenvalue weighted by Crippen LogP contribution is 2.58. The molecule has 1 heterocycles. The Kier molecular flexibility index (Phi) is 2.78. The van der Waals surface area contributed by atoms with E-state index in [1.54, 1.807) is 7.11 Å². The molecule has 0 N–H and O–H groups in total. The lowest BCUT2D eigenvalue weighted by molar-refractivity contribution is -0.162. The van der Waals surface area contributed by atoms with Crippen molar-refractivity contribution >= 4 is 31.9 Å². The smallest absolute Gasteiger partial charge is 0.221 e. The molecule has 0 unspecified atom stereocenters. The molecule has 0 aromatic heterocycles. The minimum Gasteiger partial charge on any atom is -0.497 e. The molecule has 17 heavy (non-hydrogen) atoms. The maximum Gasteiger partial charge on any atom is 0.221 e. The molecule has 92 valence electrons. The Morgan fingerprint density at radius 2 is 1.94 bits per heavy atom. The third-order valence-corrected chi connectivity index (χ3v) is 4.86. The molecule has 1 fully saturated rings. The normalized spacial score (nSPS) is 23.9. The van der Waals surface area contributed by atoms with Crippen molar-refractivity contribution < 1.29 is 14.2 Å². The van der Waals surface area contributed by atoms with Crippen molar-refractivity contribution in [2.45, 2.75) is 15.4 Å². The third kappa shape index (κ3) is 1.59. The highest BCUT2D eigenvalue weighted by atomic mass is 79.9. The fraction of sp³-hybridized carbons (Fsp3) is 0.500. The summed E-state index contributed by atoms with van der Waals surface area (Å²) in [6.45, 7) is 1.21. The molecule has 3 rings (SSSR count). The van der Waals surface area contributed by atoms with Crippen LogP contribution in [0.15, 0.2) is 18.2 Å². The van der Waals surface area contributed by atoms with E-state index in [0.29, 0.717) is 13.2 Å². The summed E-state index contributed by atoms with van der Waals surface area (Å²) in [7, 11) is 1.66. The summed E-state index contributed by atoms with van der Waals surface area (Å²) in [6.07, 6.45) is 0.812. The van der Waals surface area contributed by atoms with Crippen molar-refractivity contribution in [1.29, 1.82) is 0 Å². The molecule has 0 bridgehead atoms. The molecule has 1 aromatic carbocycles. The molecule has 0 atom stereocenters. The van der Waals surface area contributed by atoms with Crippen LogP contribution < -0.4 is 4.74 Å². The van der Waals surface area contributed by atoms with Crippen LogP contribution in [0.4, 0.5) is 0 Å². The van der Waals surface area contributed by atoms with E-state index in [1.165, 1.54) is 5.56 Å². The number of hydrogen-bond acceptors (Lipinski definition) is 3. The van der Waals surface area contributed by atoms with Crippen LogP contribution in [0.2, 0.25) is 0 Å². The number of methoxy groups -OCH3 is 1. The van der Waals surface area contributed by atoms with Gasteiger partial charge in [0.05, 0.1) is 20.3 Å². The fourth-order valence-electron chi connectivity index (χ4n) is 2.47. The van der Waals surface area contributed by atoms with Gasteiger partial charge in [-0.15, -0.1) is 0 Å². The van der Waals surface area contributed by atoms with Gasteiger partial charge < -0.3 is 14.2 Å². The molecule has 0 radical (unpaired) electrons. The van der Waals surface area contributed by atoms with E-state index in [2.05, 4.69) is 37.9 Å². The van der Waals surface area contributed by atoms with E-state index in [0.717, 1.165) is 17.7 Å². The zero-order valence-electron chi connectivity index (χ0n) is 9.33. The van der Waals surface area contributed by atoms with Gasteiger partial charge in [0.15, 0.2) is 0 Å². The standard InChI is InChI=1S/C12H12Br2O3/c1-15-9-3-2-8-7-11(13,14)12(10(8)6-9)16-4-5-17-12/h2-3,6H,4-5,7H2,1H3. The zero-order valence-corrected chi connectivity index (χ0v) is 12.5. The number of hydrogen-bond donors (Lipinski definition) is 0. The molecule has 1 aliphatic heterocycles. The molecular weight excluding hydrogens is 352 g/mol. The highest BCUT2D eigenvalue weighted by Gasteiger charge is 2.60. The van der Waals surface area contributed by atoms with Gasteiger partial charge in [0.2, 0.25) is 5.79 Å². The van der Waals surface area contributed by atoms with Crippen molar-refractivity contribution in [3.05, 3.63) is 29.3 Å². The van der Waals surface area contributed by atoms with Gasteiger partial charge in [-0.3, -0.25) is 0 Å². The molecule has 0 saturated carbocycles. The number of rotatable bonds is 1. The Balaban J connectivity index is 2.16.